The Labute approximate surface area is 168 Å². The molecule has 2 saturated heterocycles. The molecule has 2 aliphatic rings. The van der Waals surface area contributed by atoms with Crippen molar-refractivity contribution in [1.29, 1.82) is 0 Å². The van der Waals surface area contributed by atoms with E-state index in [2.05, 4.69) is 10.1 Å². The van der Waals surface area contributed by atoms with Crippen molar-refractivity contribution in [2.45, 2.75) is 24.9 Å². The molecule has 2 fully saturated rings. The first kappa shape index (κ1) is 17.6. The molecule has 1 aromatic carbocycles. The van der Waals surface area contributed by atoms with E-state index in [0.717, 1.165) is 18.4 Å². The van der Waals surface area contributed by atoms with Gasteiger partial charge >= 0.3 is 0 Å². The fraction of sp³-hybridized carbons (Fsp3) is 0.273. The van der Waals surface area contributed by atoms with Crippen LogP contribution in [-0.2, 0) is 4.79 Å². The quantitative estimate of drug-likeness (QED) is 0.647. The third kappa shape index (κ3) is 3.18. The Bertz CT molecular complexity index is 1090. The number of carbonyl (C=O) groups excluding carboxylic acids is 2. The fourth-order valence-electron chi connectivity index (χ4n) is 4.45. The van der Waals surface area contributed by atoms with Gasteiger partial charge in [0.25, 0.3) is 5.91 Å². The van der Waals surface area contributed by atoms with E-state index in [1.54, 1.807) is 28.9 Å². The van der Waals surface area contributed by atoms with Crippen molar-refractivity contribution < 1.29 is 9.59 Å². The van der Waals surface area contributed by atoms with Gasteiger partial charge in [-0.1, -0.05) is 30.3 Å². The summed E-state index contributed by atoms with van der Waals surface area (Å²) in [6.45, 7) is 1.35. The van der Waals surface area contributed by atoms with E-state index in [9.17, 15) is 9.59 Å². The predicted octanol–water partition coefficient (Wildman–Crippen LogP) is 2.26. The minimum absolute atomic E-state index is 0.00266. The second-order valence-electron chi connectivity index (χ2n) is 7.46. The van der Waals surface area contributed by atoms with Crippen LogP contribution in [-0.4, -0.2) is 61.4 Å². The number of pyridine rings is 1. The van der Waals surface area contributed by atoms with E-state index in [4.69, 9.17) is 0 Å². The second-order valence-corrected chi connectivity index (χ2v) is 7.46. The normalized spacial score (nSPS) is 21.2. The van der Waals surface area contributed by atoms with Gasteiger partial charge in [0.2, 0.25) is 5.91 Å². The minimum Gasteiger partial charge on any atom is -0.334 e. The molecule has 7 nitrogen and oxygen atoms in total. The van der Waals surface area contributed by atoms with Crippen LogP contribution < -0.4 is 0 Å². The Morgan fingerprint density at radius 2 is 1.76 bits per heavy atom. The van der Waals surface area contributed by atoms with Gasteiger partial charge in [-0.05, 0) is 36.6 Å². The molecule has 146 valence electrons. The molecule has 2 aliphatic heterocycles. The van der Waals surface area contributed by atoms with Crippen LogP contribution in [0.3, 0.4) is 0 Å². The van der Waals surface area contributed by atoms with Crippen molar-refractivity contribution in [2.75, 3.05) is 13.1 Å². The molecule has 0 spiro atoms. The molecule has 4 heterocycles. The Balaban J connectivity index is 1.30. The number of hydrogen-bond acceptors (Lipinski definition) is 4. The lowest BCUT2D eigenvalue weighted by Crippen LogP contribution is -2.41. The Morgan fingerprint density at radius 1 is 1.00 bits per heavy atom. The maximum atomic E-state index is 13.1. The Kier molecular flexibility index (Phi) is 4.35. The summed E-state index contributed by atoms with van der Waals surface area (Å²) in [5.74, 6) is 0.0117. The van der Waals surface area contributed by atoms with Crippen molar-refractivity contribution in [1.82, 2.24) is 24.4 Å². The average Bonchev–Trinajstić information content (AvgIpc) is 3.47. The summed E-state index contributed by atoms with van der Waals surface area (Å²) in [6.07, 6.45) is 8.34. The first-order chi connectivity index (χ1) is 14.2. The molecule has 2 amide bonds. The van der Waals surface area contributed by atoms with Gasteiger partial charge in [0.1, 0.15) is 6.33 Å². The van der Waals surface area contributed by atoms with E-state index < -0.39 is 0 Å². The van der Waals surface area contributed by atoms with E-state index in [-0.39, 0.29) is 23.9 Å². The molecule has 0 aliphatic carbocycles. The number of nitrogens with zero attached hydrogens (tertiary/aromatic N) is 5. The smallest absolute Gasteiger partial charge is 0.254 e. The summed E-state index contributed by atoms with van der Waals surface area (Å²) in [5.41, 5.74) is 2.27. The van der Waals surface area contributed by atoms with Gasteiger partial charge < -0.3 is 9.80 Å². The lowest BCUT2D eigenvalue weighted by atomic mass is 10.1. The summed E-state index contributed by atoms with van der Waals surface area (Å²) in [4.78, 5) is 33.8. The number of benzene rings is 1. The first-order valence-electron chi connectivity index (χ1n) is 9.85. The van der Waals surface area contributed by atoms with Gasteiger partial charge in [-0.15, -0.1) is 0 Å². The van der Waals surface area contributed by atoms with Crippen LogP contribution in [0.15, 0.2) is 61.1 Å². The molecule has 5 rings (SSSR count). The summed E-state index contributed by atoms with van der Waals surface area (Å²) in [5, 5.41) is 4.07. The van der Waals surface area contributed by atoms with Crippen molar-refractivity contribution in [3.8, 4) is 0 Å². The molecular weight excluding hydrogens is 366 g/mol. The molecule has 7 heteroatoms. The number of aromatic nitrogens is 3. The number of amides is 2. The number of likely N-dealkylation sites (tertiary alicyclic amines) is 2. The third-order valence-electron chi connectivity index (χ3n) is 5.87. The molecule has 2 atom stereocenters. The highest BCUT2D eigenvalue weighted by atomic mass is 16.2. The lowest BCUT2D eigenvalue weighted by Gasteiger charge is -2.25. The molecule has 0 N–H and O–H groups in total. The summed E-state index contributed by atoms with van der Waals surface area (Å²) >= 11 is 0. The molecular formula is C22H21N5O2. The summed E-state index contributed by atoms with van der Waals surface area (Å²) in [6, 6.07) is 13.5. The average molecular weight is 387 g/mol. The van der Waals surface area contributed by atoms with Crippen LogP contribution in [0.1, 0.15) is 28.8 Å². The lowest BCUT2D eigenvalue weighted by molar-refractivity contribution is -0.126. The highest BCUT2D eigenvalue weighted by Crippen LogP contribution is 2.33. The molecule has 0 bridgehead atoms. The van der Waals surface area contributed by atoms with Gasteiger partial charge in [0.05, 0.1) is 12.1 Å². The van der Waals surface area contributed by atoms with Crippen LogP contribution in [0.25, 0.3) is 11.7 Å². The number of hydrogen-bond donors (Lipinski definition) is 0. The van der Waals surface area contributed by atoms with Crippen LogP contribution in [0.2, 0.25) is 0 Å². The molecule has 3 aromatic rings. The van der Waals surface area contributed by atoms with E-state index in [0.29, 0.717) is 24.3 Å². The van der Waals surface area contributed by atoms with E-state index >= 15 is 0 Å². The maximum absolute atomic E-state index is 13.1. The van der Waals surface area contributed by atoms with E-state index in [1.807, 2.05) is 46.2 Å². The predicted molar refractivity (Wildman–Crippen MR) is 108 cm³/mol. The van der Waals surface area contributed by atoms with Gasteiger partial charge in [-0.2, -0.15) is 5.10 Å². The molecule has 0 unspecified atom stereocenters. The molecule has 2 aromatic heterocycles. The van der Waals surface area contributed by atoms with Crippen LogP contribution in [0.5, 0.6) is 0 Å². The topological polar surface area (TPSA) is 70.8 Å². The largest absolute Gasteiger partial charge is 0.334 e. The van der Waals surface area contributed by atoms with Gasteiger partial charge in [0.15, 0.2) is 5.65 Å². The highest BCUT2D eigenvalue weighted by Gasteiger charge is 2.45. The summed E-state index contributed by atoms with van der Waals surface area (Å²) < 4.78 is 1.64. The Hall–Kier alpha value is -3.48. The minimum atomic E-state index is -0.00266. The van der Waals surface area contributed by atoms with Gasteiger partial charge in [-0.3, -0.25) is 9.59 Å². The molecule has 29 heavy (non-hydrogen) atoms. The maximum Gasteiger partial charge on any atom is 0.254 e. The van der Waals surface area contributed by atoms with Crippen LogP contribution in [0, 0.1) is 0 Å². The zero-order valence-electron chi connectivity index (χ0n) is 15.9. The van der Waals surface area contributed by atoms with Gasteiger partial charge in [0, 0.05) is 30.9 Å². The van der Waals surface area contributed by atoms with Crippen LogP contribution in [0.4, 0.5) is 0 Å². The first-order valence-corrected chi connectivity index (χ1v) is 9.85. The van der Waals surface area contributed by atoms with E-state index in [1.165, 1.54) is 6.33 Å². The number of fused-ring (bicyclic) bond motifs is 2. The second kappa shape index (κ2) is 7.16. The van der Waals surface area contributed by atoms with Crippen molar-refractivity contribution in [2.24, 2.45) is 0 Å². The van der Waals surface area contributed by atoms with Crippen molar-refractivity contribution in [3.63, 3.8) is 0 Å². The molecule has 0 saturated carbocycles. The highest BCUT2D eigenvalue weighted by molar-refractivity contribution is 5.96. The van der Waals surface area contributed by atoms with Crippen molar-refractivity contribution in [3.05, 3.63) is 72.2 Å². The SMILES string of the molecule is O=C(/C=C/c1ccccc1)N1CC[C@H]2[C@@H]1CCN2C(=O)c1ccn2ncnc2c1. The monoisotopic (exact) mass is 387 g/mol. The number of rotatable bonds is 3. The zero-order valence-corrected chi connectivity index (χ0v) is 15.9. The number of carbonyl (C=O) groups is 2. The summed E-state index contributed by atoms with van der Waals surface area (Å²) in [7, 11) is 0. The zero-order chi connectivity index (χ0) is 19.8. The molecule has 0 radical (unpaired) electrons. The van der Waals surface area contributed by atoms with Crippen molar-refractivity contribution >= 4 is 23.5 Å². The Morgan fingerprint density at radius 3 is 2.59 bits per heavy atom. The van der Waals surface area contributed by atoms with Crippen LogP contribution >= 0.6 is 0 Å². The standard InChI is InChI=1S/C22H21N5O2/c28-21(7-6-16-4-2-1-3-5-16)25-11-9-19-18(25)10-12-26(19)22(29)17-8-13-27-20(14-17)23-15-24-27/h1-8,13-15,18-19H,9-12H2/b7-6+/t18-,19-/m0/s1. The van der Waals surface area contributed by atoms with Gasteiger partial charge in [-0.25, -0.2) is 9.50 Å². The third-order valence-corrected chi connectivity index (χ3v) is 5.87. The fourth-order valence-corrected chi connectivity index (χ4v) is 4.45.